The highest BCUT2D eigenvalue weighted by Crippen LogP contribution is 2.29. The number of ether oxygens (including phenoxy) is 1. The van der Waals surface area contributed by atoms with Crippen LogP contribution in [0.1, 0.15) is 5.56 Å². The van der Waals surface area contributed by atoms with E-state index >= 15 is 0 Å². The summed E-state index contributed by atoms with van der Waals surface area (Å²) in [5.74, 6) is 6.23. The molecule has 0 radical (unpaired) electrons. The van der Waals surface area contributed by atoms with Crippen molar-refractivity contribution in [2.45, 2.75) is 0 Å². The van der Waals surface area contributed by atoms with Crippen LogP contribution in [0, 0.1) is 11.8 Å². The summed E-state index contributed by atoms with van der Waals surface area (Å²) in [5, 5.41) is 13.1. The fourth-order valence-corrected chi connectivity index (χ4v) is 2.25. The maximum atomic E-state index is 8.82. The van der Waals surface area contributed by atoms with Crippen molar-refractivity contribution in [1.29, 1.82) is 0 Å². The van der Waals surface area contributed by atoms with Gasteiger partial charge >= 0.3 is 0 Å². The predicted octanol–water partition coefficient (Wildman–Crippen LogP) is 2.35. The second kappa shape index (κ2) is 5.70. The van der Waals surface area contributed by atoms with Crippen LogP contribution < -0.4 is 4.74 Å². The van der Waals surface area contributed by atoms with Crippen LogP contribution in [-0.4, -0.2) is 28.4 Å². The number of methoxy groups -OCH3 is 1. The Hall–Kier alpha value is -2.77. The molecule has 21 heavy (non-hydrogen) atoms. The van der Waals surface area contributed by atoms with Crippen molar-refractivity contribution in [2.75, 3.05) is 13.7 Å². The molecular formula is C17H14N2O2. The van der Waals surface area contributed by atoms with Crippen molar-refractivity contribution in [2.24, 2.45) is 0 Å². The predicted molar refractivity (Wildman–Crippen MR) is 81.1 cm³/mol. The number of aliphatic hydroxyl groups excluding tert-OH is 1. The van der Waals surface area contributed by atoms with Crippen LogP contribution in [0.5, 0.6) is 5.75 Å². The molecule has 104 valence electrons. The van der Waals surface area contributed by atoms with Gasteiger partial charge < -0.3 is 9.84 Å². The van der Waals surface area contributed by atoms with E-state index in [2.05, 4.69) is 16.9 Å². The van der Waals surface area contributed by atoms with E-state index in [1.54, 1.807) is 17.8 Å². The van der Waals surface area contributed by atoms with E-state index in [1.165, 1.54) is 0 Å². The smallest absolute Gasteiger partial charge is 0.146 e. The Morgan fingerprint density at radius 1 is 1.24 bits per heavy atom. The Balaban J connectivity index is 2.20. The lowest BCUT2D eigenvalue weighted by Gasteiger charge is -2.08. The van der Waals surface area contributed by atoms with Gasteiger partial charge in [-0.2, -0.15) is 5.10 Å². The van der Waals surface area contributed by atoms with Gasteiger partial charge in [0.15, 0.2) is 0 Å². The van der Waals surface area contributed by atoms with E-state index in [4.69, 9.17) is 9.84 Å². The van der Waals surface area contributed by atoms with Crippen molar-refractivity contribution in [3.63, 3.8) is 0 Å². The Labute approximate surface area is 122 Å². The molecule has 0 aliphatic carbocycles. The number of hydrogen-bond donors (Lipinski definition) is 1. The second-order valence-electron chi connectivity index (χ2n) is 4.47. The molecule has 0 atom stereocenters. The van der Waals surface area contributed by atoms with Crippen molar-refractivity contribution >= 4 is 5.52 Å². The first-order valence-corrected chi connectivity index (χ1v) is 6.54. The highest BCUT2D eigenvalue weighted by molar-refractivity contribution is 5.75. The summed E-state index contributed by atoms with van der Waals surface area (Å²) < 4.78 is 7.23. The lowest BCUT2D eigenvalue weighted by atomic mass is 10.1. The molecule has 0 saturated heterocycles. The molecule has 3 rings (SSSR count). The SMILES string of the molecule is COc1cc(-c2ccccc2)cn2ncc(C#CCO)c12. The monoisotopic (exact) mass is 278 g/mol. The van der Waals surface area contributed by atoms with Gasteiger partial charge in [0.2, 0.25) is 0 Å². The summed E-state index contributed by atoms with van der Waals surface area (Å²) in [7, 11) is 1.63. The molecule has 2 aromatic heterocycles. The zero-order valence-corrected chi connectivity index (χ0v) is 11.6. The minimum atomic E-state index is -0.179. The third kappa shape index (κ3) is 2.47. The highest BCUT2D eigenvalue weighted by Gasteiger charge is 2.11. The molecule has 0 amide bonds. The molecule has 0 saturated carbocycles. The molecule has 0 bridgehead atoms. The van der Waals surface area contributed by atoms with Crippen molar-refractivity contribution in [3.05, 3.63) is 54.4 Å². The number of nitrogens with zero attached hydrogens (tertiary/aromatic N) is 2. The maximum absolute atomic E-state index is 8.82. The molecule has 4 heteroatoms. The molecule has 4 nitrogen and oxygen atoms in total. The fraction of sp³-hybridized carbons (Fsp3) is 0.118. The third-order valence-electron chi connectivity index (χ3n) is 3.21. The van der Waals surface area contributed by atoms with Crippen molar-refractivity contribution < 1.29 is 9.84 Å². The quantitative estimate of drug-likeness (QED) is 0.732. The average molecular weight is 278 g/mol. The second-order valence-corrected chi connectivity index (χ2v) is 4.47. The van der Waals surface area contributed by atoms with Crippen molar-refractivity contribution in [3.8, 4) is 28.7 Å². The summed E-state index contributed by atoms with van der Waals surface area (Å²) in [5.41, 5.74) is 3.65. The Bertz CT molecular complexity index is 826. The molecule has 0 spiro atoms. The first-order chi connectivity index (χ1) is 10.3. The summed E-state index contributed by atoms with van der Waals surface area (Å²) in [4.78, 5) is 0. The molecule has 0 fully saturated rings. The normalized spacial score (nSPS) is 10.2. The van der Waals surface area contributed by atoms with Gasteiger partial charge in [-0.25, -0.2) is 4.52 Å². The summed E-state index contributed by atoms with van der Waals surface area (Å²) in [6, 6.07) is 12.0. The first kappa shape index (κ1) is 13.2. The Morgan fingerprint density at radius 2 is 2.05 bits per heavy atom. The maximum Gasteiger partial charge on any atom is 0.146 e. The number of pyridine rings is 1. The van der Waals surface area contributed by atoms with E-state index in [-0.39, 0.29) is 6.61 Å². The van der Waals surface area contributed by atoms with Crippen LogP contribution in [0.25, 0.3) is 16.6 Å². The molecule has 0 unspecified atom stereocenters. The highest BCUT2D eigenvalue weighted by atomic mass is 16.5. The van der Waals surface area contributed by atoms with Gasteiger partial charge in [-0.15, -0.1) is 0 Å². The van der Waals surface area contributed by atoms with Crippen LogP contribution in [0.15, 0.2) is 48.8 Å². The van der Waals surface area contributed by atoms with Crippen LogP contribution in [0.4, 0.5) is 0 Å². The number of hydrogen-bond acceptors (Lipinski definition) is 3. The number of fused-ring (bicyclic) bond motifs is 1. The van der Waals surface area contributed by atoms with E-state index < -0.39 is 0 Å². The van der Waals surface area contributed by atoms with Gasteiger partial charge in [-0.3, -0.25) is 0 Å². The average Bonchev–Trinajstić information content (AvgIpc) is 2.96. The Morgan fingerprint density at radius 3 is 2.76 bits per heavy atom. The minimum Gasteiger partial charge on any atom is -0.494 e. The van der Waals surface area contributed by atoms with Gasteiger partial charge in [0, 0.05) is 11.8 Å². The van der Waals surface area contributed by atoms with Gasteiger partial charge in [-0.1, -0.05) is 42.2 Å². The molecule has 0 aliphatic rings. The van der Waals surface area contributed by atoms with Crippen LogP contribution in [0.2, 0.25) is 0 Å². The van der Waals surface area contributed by atoms with Gasteiger partial charge in [0.05, 0.1) is 18.9 Å². The largest absolute Gasteiger partial charge is 0.494 e. The minimum absolute atomic E-state index is 0.179. The van der Waals surface area contributed by atoms with Crippen molar-refractivity contribution in [1.82, 2.24) is 9.61 Å². The van der Waals surface area contributed by atoms with Crippen LogP contribution in [0.3, 0.4) is 0 Å². The lowest BCUT2D eigenvalue weighted by Crippen LogP contribution is -1.94. The molecule has 1 N–H and O–H groups in total. The molecule has 0 aliphatic heterocycles. The fourth-order valence-electron chi connectivity index (χ4n) is 2.25. The summed E-state index contributed by atoms with van der Waals surface area (Å²) in [6.07, 6.45) is 3.62. The van der Waals surface area contributed by atoms with Gasteiger partial charge in [-0.05, 0) is 11.6 Å². The number of rotatable bonds is 2. The zero-order chi connectivity index (χ0) is 14.7. The summed E-state index contributed by atoms with van der Waals surface area (Å²) in [6.45, 7) is -0.179. The van der Waals surface area contributed by atoms with E-state index in [9.17, 15) is 0 Å². The molecule has 3 aromatic rings. The van der Waals surface area contributed by atoms with Crippen LogP contribution in [-0.2, 0) is 0 Å². The molecular weight excluding hydrogens is 264 g/mol. The standard InChI is InChI=1S/C17H14N2O2/c1-21-16-10-15(13-6-3-2-4-7-13)12-19-17(16)14(11-18-19)8-5-9-20/h2-4,6-7,10-12,20H,9H2,1H3. The van der Waals surface area contributed by atoms with Gasteiger partial charge in [0.25, 0.3) is 0 Å². The lowest BCUT2D eigenvalue weighted by molar-refractivity contribution is 0.350. The van der Waals surface area contributed by atoms with E-state index in [0.29, 0.717) is 5.75 Å². The number of benzene rings is 1. The van der Waals surface area contributed by atoms with E-state index in [0.717, 1.165) is 22.2 Å². The van der Waals surface area contributed by atoms with E-state index in [1.807, 2.05) is 42.6 Å². The number of aromatic nitrogens is 2. The molecule has 2 heterocycles. The van der Waals surface area contributed by atoms with Crippen LogP contribution >= 0.6 is 0 Å². The zero-order valence-electron chi connectivity index (χ0n) is 11.6. The van der Waals surface area contributed by atoms with Gasteiger partial charge in [0.1, 0.15) is 17.9 Å². The summed E-state index contributed by atoms with van der Waals surface area (Å²) >= 11 is 0. The first-order valence-electron chi connectivity index (χ1n) is 6.54. The molecule has 1 aromatic carbocycles. The number of aliphatic hydroxyl groups is 1. The third-order valence-corrected chi connectivity index (χ3v) is 3.21. The topological polar surface area (TPSA) is 46.8 Å². The Kier molecular flexibility index (Phi) is 3.59.